The number of hydrogen-bond donors (Lipinski definition) is 1. The van der Waals surface area contributed by atoms with Crippen LogP contribution >= 0.6 is 39.1 Å². The minimum absolute atomic E-state index is 0.163. The zero-order valence-electron chi connectivity index (χ0n) is 9.79. The molecular weight excluding hydrogens is 349 g/mol. The van der Waals surface area contributed by atoms with E-state index >= 15 is 0 Å². The fourth-order valence-corrected chi connectivity index (χ4v) is 2.67. The summed E-state index contributed by atoms with van der Waals surface area (Å²) < 4.78 is 0.670. The lowest BCUT2D eigenvalue weighted by Gasteiger charge is -2.07. The molecule has 0 fully saturated rings. The van der Waals surface area contributed by atoms with E-state index in [9.17, 15) is 4.79 Å². The first-order chi connectivity index (χ1) is 9.06. The Balaban J connectivity index is 2.05. The molecule has 2 aromatic carbocycles. The molecule has 0 spiro atoms. The van der Waals surface area contributed by atoms with Crippen molar-refractivity contribution in [3.8, 4) is 0 Å². The largest absolute Gasteiger partial charge is 0.348 e. The van der Waals surface area contributed by atoms with Crippen LogP contribution in [-0.2, 0) is 6.54 Å². The summed E-state index contributed by atoms with van der Waals surface area (Å²) in [6, 6.07) is 12.4. The molecule has 0 aromatic heterocycles. The maximum absolute atomic E-state index is 12.0. The molecule has 1 N–H and O–H groups in total. The van der Waals surface area contributed by atoms with Crippen molar-refractivity contribution in [3.63, 3.8) is 0 Å². The number of nitrogens with one attached hydrogen (secondary N) is 1. The van der Waals surface area contributed by atoms with Gasteiger partial charge in [-0.05, 0) is 51.8 Å². The van der Waals surface area contributed by atoms with E-state index in [1.54, 1.807) is 24.3 Å². The average Bonchev–Trinajstić information content (AvgIpc) is 2.36. The molecule has 0 heterocycles. The van der Waals surface area contributed by atoms with Gasteiger partial charge in [0.1, 0.15) is 0 Å². The van der Waals surface area contributed by atoms with E-state index in [0.29, 0.717) is 26.6 Å². The van der Waals surface area contributed by atoms with Crippen molar-refractivity contribution in [3.05, 3.63) is 68.1 Å². The summed E-state index contributed by atoms with van der Waals surface area (Å²) in [5.41, 5.74) is 1.50. The van der Waals surface area contributed by atoms with Gasteiger partial charge in [-0.15, -0.1) is 0 Å². The van der Waals surface area contributed by atoms with Crippen molar-refractivity contribution in [1.82, 2.24) is 5.32 Å². The van der Waals surface area contributed by atoms with Crippen LogP contribution in [0.1, 0.15) is 15.9 Å². The highest BCUT2D eigenvalue weighted by Crippen LogP contribution is 2.21. The average molecular weight is 359 g/mol. The van der Waals surface area contributed by atoms with Crippen molar-refractivity contribution >= 4 is 45.0 Å². The second kappa shape index (κ2) is 6.42. The first kappa shape index (κ1) is 14.4. The highest BCUT2D eigenvalue weighted by Gasteiger charge is 2.09. The van der Waals surface area contributed by atoms with Crippen molar-refractivity contribution in [2.75, 3.05) is 0 Å². The molecule has 5 heteroatoms. The van der Waals surface area contributed by atoms with Crippen LogP contribution in [-0.4, -0.2) is 5.91 Å². The van der Waals surface area contributed by atoms with Gasteiger partial charge in [-0.3, -0.25) is 4.79 Å². The number of carbonyl (C=O) groups excluding carboxylic acids is 1. The molecule has 2 rings (SSSR count). The van der Waals surface area contributed by atoms with E-state index < -0.39 is 0 Å². The van der Waals surface area contributed by atoms with Gasteiger partial charge in [0, 0.05) is 21.1 Å². The summed E-state index contributed by atoms with van der Waals surface area (Å²) in [6.45, 7) is 0.425. The Kier molecular flexibility index (Phi) is 4.86. The van der Waals surface area contributed by atoms with Crippen LogP contribution in [0.5, 0.6) is 0 Å². The molecule has 0 saturated heterocycles. The highest BCUT2D eigenvalue weighted by molar-refractivity contribution is 9.10. The SMILES string of the molecule is O=C(NCc1cccc(Cl)c1)c1ccc(Cl)cc1Br. The van der Waals surface area contributed by atoms with Crippen LogP contribution in [0.2, 0.25) is 10.0 Å². The van der Waals surface area contributed by atoms with Crippen molar-refractivity contribution < 1.29 is 4.79 Å². The molecule has 98 valence electrons. The molecule has 0 atom stereocenters. The van der Waals surface area contributed by atoms with Gasteiger partial charge in [0.25, 0.3) is 5.91 Å². The van der Waals surface area contributed by atoms with Gasteiger partial charge < -0.3 is 5.32 Å². The second-order valence-electron chi connectivity index (χ2n) is 3.94. The van der Waals surface area contributed by atoms with Crippen molar-refractivity contribution in [1.29, 1.82) is 0 Å². The topological polar surface area (TPSA) is 29.1 Å². The third-order valence-corrected chi connectivity index (χ3v) is 3.64. The van der Waals surface area contributed by atoms with Gasteiger partial charge >= 0.3 is 0 Å². The van der Waals surface area contributed by atoms with E-state index in [2.05, 4.69) is 21.2 Å². The van der Waals surface area contributed by atoms with E-state index in [1.165, 1.54) is 0 Å². The molecule has 0 aliphatic carbocycles. The minimum Gasteiger partial charge on any atom is -0.348 e. The highest BCUT2D eigenvalue weighted by atomic mass is 79.9. The van der Waals surface area contributed by atoms with Crippen molar-refractivity contribution in [2.45, 2.75) is 6.54 Å². The summed E-state index contributed by atoms with van der Waals surface area (Å²) in [5, 5.41) is 4.07. The zero-order chi connectivity index (χ0) is 13.8. The van der Waals surface area contributed by atoms with Gasteiger partial charge in [0.2, 0.25) is 0 Å². The molecule has 0 aliphatic heterocycles. The molecule has 0 radical (unpaired) electrons. The van der Waals surface area contributed by atoms with Crippen LogP contribution in [0.4, 0.5) is 0 Å². The molecule has 19 heavy (non-hydrogen) atoms. The van der Waals surface area contributed by atoms with E-state index in [4.69, 9.17) is 23.2 Å². The van der Waals surface area contributed by atoms with Crippen LogP contribution in [0.3, 0.4) is 0 Å². The van der Waals surface area contributed by atoms with Gasteiger partial charge in [0.15, 0.2) is 0 Å². The molecule has 0 saturated carbocycles. The monoisotopic (exact) mass is 357 g/mol. The van der Waals surface area contributed by atoms with Crippen LogP contribution in [0.25, 0.3) is 0 Å². The molecular formula is C14H10BrCl2NO. The predicted octanol–water partition coefficient (Wildman–Crippen LogP) is 4.69. The first-order valence-electron chi connectivity index (χ1n) is 5.54. The number of halogens is 3. The van der Waals surface area contributed by atoms with E-state index in [0.717, 1.165) is 5.56 Å². The maximum atomic E-state index is 12.0. The van der Waals surface area contributed by atoms with Crippen molar-refractivity contribution in [2.24, 2.45) is 0 Å². The first-order valence-corrected chi connectivity index (χ1v) is 7.09. The fourth-order valence-electron chi connectivity index (χ4n) is 1.60. The lowest BCUT2D eigenvalue weighted by atomic mass is 10.2. The Hall–Kier alpha value is -1.03. The predicted molar refractivity (Wildman–Crippen MR) is 81.8 cm³/mol. The fraction of sp³-hybridized carbons (Fsp3) is 0.0714. The van der Waals surface area contributed by atoms with Crippen LogP contribution < -0.4 is 5.32 Å². The van der Waals surface area contributed by atoms with E-state index in [1.807, 2.05) is 18.2 Å². The normalized spacial score (nSPS) is 10.3. The smallest absolute Gasteiger partial charge is 0.252 e. The molecule has 1 amide bonds. The number of benzene rings is 2. The van der Waals surface area contributed by atoms with Crippen LogP contribution in [0.15, 0.2) is 46.9 Å². The van der Waals surface area contributed by atoms with Gasteiger partial charge in [-0.25, -0.2) is 0 Å². The standard InChI is InChI=1S/C14H10BrCl2NO/c15-13-7-11(17)4-5-12(13)14(19)18-8-9-2-1-3-10(16)6-9/h1-7H,8H2,(H,18,19). The number of rotatable bonds is 3. The number of hydrogen-bond acceptors (Lipinski definition) is 1. The summed E-state index contributed by atoms with van der Waals surface area (Å²) in [6.07, 6.45) is 0. The lowest BCUT2D eigenvalue weighted by Crippen LogP contribution is -2.23. The lowest BCUT2D eigenvalue weighted by molar-refractivity contribution is 0.0950. The molecule has 0 bridgehead atoms. The number of amides is 1. The Morgan fingerprint density at radius 1 is 1.11 bits per heavy atom. The summed E-state index contributed by atoms with van der Waals surface area (Å²) >= 11 is 15.0. The summed E-state index contributed by atoms with van der Waals surface area (Å²) in [5.74, 6) is -0.163. The summed E-state index contributed by atoms with van der Waals surface area (Å²) in [7, 11) is 0. The molecule has 2 nitrogen and oxygen atoms in total. The minimum atomic E-state index is -0.163. The third kappa shape index (κ3) is 3.96. The Bertz CT molecular complexity index is 616. The number of carbonyl (C=O) groups is 1. The van der Waals surface area contributed by atoms with E-state index in [-0.39, 0.29) is 5.91 Å². The third-order valence-electron chi connectivity index (χ3n) is 2.52. The quantitative estimate of drug-likeness (QED) is 0.847. The van der Waals surface area contributed by atoms with Gasteiger partial charge in [-0.2, -0.15) is 0 Å². The second-order valence-corrected chi connectivity index (χ2v) is 5.66. The van der Waals surface area contributed by atoms with Gasteiger partial charge in [0.05, 0.1) is 5.56 Å². The maximum Gasteiger partial charge on any atom is 0.252 e. The zero-order valence-corrected chi connectivity index (χ0v) is 12.9. The summed E-state index contributed by atoms with van der Waals surface area (Å²) in [4.78, 5) is 12.0. The Labute approximate surface area is 129 Å². The van der Waals surface area contributed by atoms with Crippen LogP contribution in [0, 0.1) is 0 Å². The Morgan fingerprint density at radius 2 is 1.84 bits per heavy atom. The molecule has 0 aliphatic rings. The molecule has 2 aromatic rings. The molecule has 0 unspecified atom stereocenters. The Morgan fingerprint density at radius 3 is 2.53 bits per heavy atom. The van der Waals surface area contributed by atoms with Gasteiger partial charge in [-0.1, -0.05) is 35.3 Å².